The summed E-state index contributed by atoms with van der Waals surface area (Å²) in [7, 11) is 0. The molecule has 4 nitrogen and oxygen atoms in total. The largest absolute Gasteiger partial charge is 0.325 e. The minimum absolute atomic E-state index is 0.0540. The van der Waals surface area contributed by atoms with E-state index in [-0.39, 0.29) is 17.7 Å². The van der Waals surface area contributed by atoms with Crippen LogP contribution in [0.1, 0.15) is 29.9 Å². The van der Waals surface area contributed by atoms with Gasteiger partial charge in [-0.15, -0.1) is 11.3 Å². The monoisotopic (exact) mass is 312 g/mol. The second-order valence-electron chi connectivity index (χ2n) is 5.22. The van der Waals surface area contributed by atoms with Gasteiger partial charge in [-0.25, -0.2) is 4.99 Å². The summed E-state index contributed by atoms with van der Waals surface area (Å²) in [5, 5.41) is 4.76. The summed E-state index contributed by atoms with van der Waals surface area (Å²) in [6.07, 6.45) is 6.32. The smallest absolute Gasteiger partial charge is 0.287 e. The highest BCUT2D eigenvalue weighted by atomic mass is 32.1. The van der Waals surface area contributed by atoms with Crippen molar-refractivity contribution in [2.45, 2.75) is 20.3 Å². The first-order chi connectivity index (χ1) is 10.6. The lowest BCUT2D eigenvalue weighted by Gasteiger charge is -2.29. The van der Waals surface area contributed by atoms with E-state index in [4.69, 9.17) is 0 Å². The number of fused-ring (bicyclic) bond motifs is 1. The second-order valence-corrected chi connectivity index (χ2v) is 6.17. The molecule has 0 spiro atoms. The normalized spacial score (nSPS) is 22.5. The molecule has 0 fully saturated rings. The number of thiophene rings is 1. The molecule has 3 rings (SSSR count). The Morgan fingerprint density at radius 1 is 1.45 bits per heavy atom. The van der Waals surface area contributed by atoms with Gasteiger partial charge in [0.25, 0.3) is 11.8 Å². The van der Waals surface area contributed by atoms with Crippen LogP contribution >= 0.6 is 11.3 Å². The summed E-state index contributed by atoms with van der Waals surface area (Å²) in [5.41, 5.74) is 3.26. The molecule has 0 bridgehead atoms. The summed E-state index contributed by atoms with van der Waals surface area (Å²) in [5.74, 6) is -0.237. The Hall–Kier alpha value is -2.27. The fraction of sp³-hybridized carbons (Fsp3) is 0.235. The third-order valence-corrected chi connectivity index (χ3v) is 4.75. The summed E-state index contributed by atoms with van der Waals surface area (Å²) >= 11 is 1.37. The van der Waals surface area contributed by atoms with Gasteiger partial charge < -0.3 is 5.32 Å². The maximum absolute atomic E-state index is 12.1. The fourth-order valence-corrected chi connectivity index (χ4v) is 3.35. The number of hydrogen-bond donors (Lipinski definition) is 1. The van der Waals surface area contributed by atoms with Crippen molar-refractivity contribution in [3.05, 3.63) is 57.5 Å². The van der Waals surface area contributed by atoms with E-state index in [0.29, 0.717) is 17.0 Å². The molecule has 1 atom stereocenters. The lowest BCUT2D eigenvalue weighted by molar-refractivity contribution is -0.117. The maximum atomic E-state index is 12.1. The van der Waals surface area contributed by atoms with Crippen LogP contribution in [0.4, 0.5) is 0 Å². The highest BCUT2D eigenvalue weighted by Gasteiger charge is 2.28. The summed E-state index contributed by atoms with van der Waals surface area (Å²) in [6.45, 7) is 3.96. The van der Waals surface area contributed by atoms with Gasteiger partial charge in [0.15, 0.2) is 0 Å². The minimum atomic E-state index is -0.256. The number of aliphatic imine (C=N–C) groups is 1. The molecule has 1 aromatic heterocycles. The van der Waals surface area contributed by atoms with E-state index < -0.39 is 0 Å². The molecule has 22 heavy (non-hydrogen) atoms. The van der Waals surface area contributed by atoms with Crippen molar-refractivity contribution < 1.29 is 9.59 Å². The van der Waals surface area contributed by atoms with Crippen LogP contribution in [0, 0.1) is 5.92 Å². The predicted octanol–water partition coefficient (Wildman–Crippen LogP) is 3.26. The van der Waals surface area contributed by atoms with Crippen LogP contribution in [-0.4, -0.2) is 17.5 Å². The zero-order chi connectivity index (χ0) is 15.7. The summed E-state index contributed by atoms with van der Waals surface area (Å²) in [6, 6.07) is 3.58. The van der Waals surface area contributed by atoms with E-state index in [9.17, 15) is 9.59 Å². The number of hydrogen-bond acceptors (Lipinski definition) is 3. The standard InChI is InChI=1S/C17H16N2O2S/c1-3-12-10(2)13-7-6-11(9-14(13)19-16(12)20)18-17(21)15-5-4-8-22-15/h4-9,13H,3H2,1-2H3,(H,19,20). The number of rotatable bonds is 2. The first-order valence-electron chi connectivity index (χ1n) is 7.17. The van der Waals surface area contributed by atoms with E-state index in [0.717, 1.165) is 16.8 Å². The molecule has 0 radical (unpaired) electrons. The molecule has 1 aromatic rings. The number of carbonyl (C=O) groups is 2. The highest BCUT2D eigenvalue weighted by Crippen LogP contribution is 2.31. The van der Waals surface area contributed by atoms with Gasteiger partial charge in [0.1, 0.15) is 0 Å². The van der Waals surface area contributed by atoms with E-state index in [1.165, 1.54) is 11.3 Å². The average Bonchev–Trinajstić information content (AvgIpc) is 3.01. The van der Waals surface area contributed by atoms with Crippen LogP contribution in [0.2, 0.25) is 0 Å². The lowest BCUT2D eigenvalue weighted by atomic mass is 9.84. The molecule has 0 saturated carbocycles. The third kappa shape index (κ3) is 2.60. The van der Waals surface area contributed by atoms with Gasteiger partial charge in [-0.05, 0) is 36.9 Å². The molecule has 1 unspecified atom stereocenters. The molecule has 2 aliphatic rings. The molecule has 112 valence electrons. The predicted molar refractivity (Wildman–Crippen MR) is 87.9 cm³/mol. The summed E-state index contributed by atoms with van der Waals surface area (Å²) < 4.78 is 0. The van der Waals surface area contributed by atoms with Gasteiger partial charge >= 0.3 is 0 Å². The lowest BCUT2D eigenvalue weighted by Crippen LogP contribution is -2.36. The van der Waals surface area contributed by atoms with Gasteiger partial charge in [-0.2, -0.15) is 0 Å². The number of allylic oxidation sites excluding steroid dienone is 3. The van der Waals surface area contributed by atoms with Crippen molar-refractivity contribution in [3.63, 3.8) is 0 Å². The van der Waals surface area contributed by atoms with Gasteiger partial charge in [0.2, 0.25) is 0 Å². The average molecular weight is 312 g/mol. The van der Waals surface area contributed by atoms with Crippen molar-refractivity contribution >= 4 is 28.9 Å². The van der Waals surface area contributed by atoms with Crippen LogP contribution in [0.3, 0.4) is 0 Å². The molecule has 5 heteroatoms. The second kappa shape index (κ2) is 5.85. The molecule has 0 saturated heterocycles. The van der Waals surface area contributed by atoms with E-state index >= 15 is 0 Å². The Morgan fingerprint density at radius 2 is 2.27 bits per heavy atom. The zero-order valence-corrected chi connectivity index (χ0v) is 13.2. The van der Waals surface area contributed by atoms with Crippen molar-refractivity contribution in [2.24, 2.45) is 10.9 Å². The number of nitrogens with one attached hydrogen (secondary N) is 1. The van der Waals surface area contributed by atoms with E-state index in [1.807, 2.05) is 37.4 Å². The Kier molecular flexibility index (Phi) is 3.90. The first kappa shape index (κ1) is 14.7. The third-order valence-electron chi connectivity index (χ3n) is 3.89. The Labute approximate surface area is 133 Å². The molecule has 1 aliphatic carbocycles. The molecule has 1 aliphatic heterocycles. The van der Waals surface area contributed by atoms with Crippen LogP contribution in [-0.2, 0) is 4.79 Å². The molecule has 2 heterocycles. The first-order valence-corrected chi connectivity index (χ1v) is 8.05. The van der Waals surface area contributed by atoms with Gasteiger partial charge in [-0.3, -0.25) is 9.59 Å². The molecular weight excluding hydrogens is 296 g/mol. The SMILES string of the molecule is CCC1=C(C)C2C=CC(=NC(=O)c3cccs3)C=C2NC1=O. The Bertz CT molecular complexity index is 752. The van der Waals surface area contributed by atoms with Gasteiger partial charge in [0.05, 0.1) is 10.6 Å². The number of carbonyl (C=O) groups excluding carboxylic acids is 2. The Balaban J connectivity index is 1.90. The van der Waals surface area contributed by atoms with E-state index in [1.54, 1.807) is 12.1 Å². The fourth-order valence-electron chi connectivity index (χ4n) is 2.74. The minimum Gasteiger partial charge on any atom is -0.325 e. The van der Waals surface area contributed by atoms with Crippen LogP contribution in [0.15, 0.2) is 57.6 Å². The van der Waals surface area contributed by atoms with Crippen molar-refractivity contribution in [1.29, 1.82) is 0 Å². The Morgan fingerprint density at radius 3 is 2.95 bits per heavy atom. The van der Waals surface area contributed by atoms with Crippen LogP contribution in [0.25, 0.3) is 0 Å². The highest BCUT2D eigenvalue weighted by molar-refractivity contribution is 7.12. The van der Waals surface area contributed by atoms with Gasteiger partial charge in [0, 0.05) is 17.2 Å². The van der Waals surface area contributed by atoms with Crippen molar-refractivity contribution in [1.82, 2.24) is 5.32 Å². The molecule has 0 aromatic carbocycles. The quantitative estimate of drug-likeness (QED) is 0.911. The zero-order valence-electron chi connectivity index (χ0n) is 12.4. The topological polar surface area (TPSA) is 58.5 Å². The molecule has 1 N–H and O–H groups in total. The van der Waals surface area contributed by atoms with E-state index in [2.05, 4.69) is 10.3 Å². The van der Waals surface area contributed by atoms with Crippen LogP contribution < -0.4 is 5.32 Å². The number of amides is 2. The number of nitrogens with zero attached hydrogens (tertiary/aromatic N) is 1. The van der Waals surface area contributed by atoms with Crippen LogP contribution in [0.5, 0.6) is 0 Å². The van der Waals surface area contributed by atoms with Gasteiger partial charge in [-0.1, -0.05) is 24.6 Å². The van der Waals surface area contributed by atoms with Crippen molar-refractivity contribution in [2.75, 3.05) is 0 Å². The molecular formula is C17H16N2O2S. The van der Waals surface area contributed by atoms with Crippen molar-refractivity contribution in [3.8, 4) is 0 Å². The molecule has 2 amide bonds. The maximum Gasteiger partial charge on any atom is 0.287 e. The summed E-state index contributed by atoms with van der Waals surface area (Å²) in [4.78, 5) is 28.8.